The second kappa shape index (κ2) is 4.39. The van der Waals surface area contributed by atoms with E-state index in [0.717, 1.165) is 24.8 Å². The van der Waals surface area contributed by atoms with E-state index in [-0.39, 0.29) is 11.4 Å². The quantitative estimate of drug-likeness (QED) is 0.816. The number of rotatable bonds is 1. The molecule has 1 aromatic heterocycles. The lowest BCUT2D eigenvalue weighted by Gasteiger charge is -2.17. The molecule has 0 unspecified atom stereocenters. The number of hydrogen-bond donors (Lipinski definition) is 1. The molecule has 0 amide bonds. The van der Waals surface area contributed by atoms with Crippen LogP contribution in [0.1, 0.15) is 36.9 Å². The maximum atomic E-state index is 12.8. The zero-order valence-electron chi connectivity index (χ0n) is 9.22. The highest BCUT2D eigenvalue weighted by atomic mass is 19.4. The molecule has 1 heterocycles. The summed E-state index contributed by atoms with van der Waals surface area (Å²) in [6.45, 7) is 0. The molecule has 0 spiro atoms. The molecule has 2 nitrogen and oxygen atoms in total. The van der Waals surface area contributed by atoms with Crippen LogP contribution >= 0.6 is 0 Å². The topological polar surface area (TPSA) is 38.9 Å². The zero-order valence-corrected chi connectivity index (χ0v) is 9.22. The van der Waals surface area contributed by atoms with Gasteiger partial charge in [0.15, 0.2) is 5.69 Å². The van der Waals surface area contributed by atoms with Gasteiger partial charge in [-0.15, -0.1) is 0 Å². The summed E-state index contributed by atoms with van der Waals surface area (Å²) < 4.78 is 38.5. The van der Waals surface area contributed by atoms with Crippen LogP contribution in [-0.2, 0) is 6.18 Å². The van der Waals surface area contributed by atoms with E-state index in [0.29, 0.717) is 6.42 Å². The van der Waals surface area contributed by atoms with Gasteiger partial charge in [-0.2, -0.15) is 13.2 Å². The number of anilines is 1. The van der Waals surface area contributed by atoms with Gasteiger partial charge in [0.2, 0.25) is 0 Å². The molecule has 17 heavy (non-hydrogen) atoms. The average molecular weight is 242 g/mol. The van der Waals surface area contributed by atoms with E-state index in [9.17, 15) is 13.2 Å². The fourth-order valence-corrected chi connectivity index (χ4v) is 2.03. The average Bonchev–Trinajstić information content (AvgIpc) is 2.29. The molecule has 5 heteroatoms. The van der Waals surface area contributed by atoms with Crippen LogP contribution in [-0.4, -0.2) is 4.98 Å². The lowest BCUT2D eigenvalue weighted by molar-refractivity contribution is -0.141. The molecule has 0 radical (unpaired) electrons. The SMILES string of the molecule is Nc1ccc(C2=CCCCC2)c(C(F)(F)F)n1. The summed E-state index contributed by atoms with van der Waals surface area (Å²) in [5.41, 5.74) is 5.36. The Morgan fingerprint density at radius 3 is 2.53 bits per heavy atom. The highest BCUT2D eigenvalue weighted by Gasteiger charge is 2.36. The summed E-state index contributed by atoms with van der Waals surface area (Å²) in [4.78, 5) is 3.43. The number of alkyl halides is 3. The Morgan fingerprint density at radius 2 is 1.94 bits per heavy atom. The van der Waals surface area contributed by atoms with Gasteiger partial charge in [0.25, 0.3) is 0 Å². The first-order valence-electron chi connectivity index (χ1n) is 5.51. The molecule has 0 aliphatic heterocycles. The third-order valence-corrected chi connectivity index (χ3v) is 2.82. The molecule has 0 aromatic carbocycles. The summed E-state index contributed by atoms with van der Waals surface area (Å²) in [6.07, 6.45) is 0.876. The van der Waals surface area contributed by atoms with E-state index in [1.165, 1.54) is 12.1 Å². The minimum atomic E-state index is -4.46. The fourth-order valence-electron chi connectivity index (χ4n) is 2.03. The van der Waals surface area contributed by atoms with Crippen LogP contribution in [0, 0.1) is 0 Å². The molecule has 0 fully saturated rings. The maximum Gasteiger partial charge on any atom is 0.434 e. The molecule has 92 valence electrons. The van der Waals surface area contributed by atoms with Crippen LogP contribution < -0.4 is 5.73 Å². The lowest BCUT2D eigenvalue weighted by Crippen LogP contribution is -2.13. The molecule has 1 aromatic rings. The van der Waals surface area contributed by atoms with Gasteiger partial charge < -0.3 is 5.73 Å². The van der Waals surface area contributed by atoms with E-state index >= 15 is 0 Å². The van der Waals surface area contributed by atoms with Gasteiger partial charge in [0, 0.05) is 5.56 Å². The van der Waals surface area contributed by atoms with E-state index < -0.39 is 11.9 Å². The van der Waals surface area contributed by atoms with Crippen LogP contribution in [0.15, 0.2) is 18.2 Å². The Hall–Kier alpha value is -1.52. The largest absolute Gasteiger partial charge is 0.434 e. The Kier molecular flexibility index (Phi) is 3.09. The summed E-state index contributed by atoms with van der Waals surface area (Å²) in [5, 5.41) is 0. The minimum absolute atomic E-state index is 0.0996. The van der Waals surface area contributed by atoms with E-state index in [4.69, 9.17) is 5.73 Å². The summed E-state index contributed by atoms with van der Waals surface area (Å²) >= 11 is 0. The number of pyridine rings is 1. The first-order valence-corrected chi connectivity index (χ1v) is 5.51. The molecule has 1 aliphatic carbocycles. The van der Waals surface area contributed by atoms with Crippen LogP contribution in [0.4, 0.5) is 19.0 Å². The molecule has 0 saturated carbocycles. The van der Waals surface area contributed by atoms with Crippen molar-refractivity contribution in [1.29, 1.82) is 0 Å². The number of nitrogen functional groups attached to an aromatic ring is 1. The van der Waals surface area contributed by atoms with Crippen molar-refractivity contribution in [3.63, 3.8) is 0 Å². The van der Waals surface area contributed by atoms with E-state index in [1.807, 2.05) is 6.08 Å². The maximum absolute atomic E-state index is 12.8. The van der Waals surface area contributed by atoms with Crippen molar-refractivity contribution in [3.8, 4) is 0 Å². The van der Waals surface area contributed by atoms with Gasteiger partial charge >= 0.3 is 6.18 Å². The number of aromatic nitrogens is 1. The molecule has 1 aliphatic rings. The molecule has 0 saturated heterocycles. The molecule has 2 rings (SSSR count). The Balaban J connectivity index is 2.49. The number of hydrogen-bond acceptors (Lipinski definition) is 2. The predicted molar refractivity (Wildman–Crippen MR) is 60.1 cm³/mol. The van der Waals surface area contributed by atoms with Crippen molar-refractivity contribution in [1.82, 2.24) is 4.98 Å². The first kappa shape index (κ1) is 12.0. The minimum Gasteiger partial charge on any atom is -0.384 e. The Morgan fingerprint density at radius 1 is 1.18 bits per heavy atom. The smallest absolute Gasteiger partial charge is 0.384 e. The predicted octanol–water partition coefficient (Wildman–Crippen LogP) is 3.64. The normalized spacial score (nSPS) is 16.8. The van der Waals surface area contributed by atoms with E-state index in [1.54, 1.807) is 0 Å². The van der Waals surface area contributed by atoms with Crippen LogP contribution in [0.3, 0.4) is 0 Å². The summed E-state index contributed by atoms with van der Waals surface area (Å²) in [5.74, 6) is -0.0996. The molecule has 2 N–H and O–H groups in total. The summed E-state index contributed by atoms with van der Waals surface area (Å²) in [7, 11) is 0. The monoisotopic (exact) mass is 242 g/mol. The van der Waals surface area contributed by atoms with Crippen molar-refractivity contribution < 1.29 is 13.2 Å². The van der Waals surface area contributed by atoms with Gasteiger partial charge in [-0.25, -0.2) is 4.98 Å². The van der Waals surface area contributed by atoms with Crippen molar-refractivity contribution in [2.75, 3.05) is 5.73 Å². The zero-order chi connectivity index (χ0) is 12.5. The second-order valence-electron chi connectivity index (χ2n) is 4.11. The van der Waals surface area contributed by atoms with E-state index in [2.05, 4.69) is 4.98 Å². The highest BCUT2D eigenvalue weighted by molar-refractivity contribution is 5.69. The third kappa shape index (κ3) is 2.60. The number of halogens is 3. The van der Waals surface area contributed by atoms with Gasteiger partial charge in [0.05, 0.1) is 0 Å². The number of nitrogens with two attached hydrogens (primary N) is 1. The summed E-state index contributed by atoms with van der Waals surface area (Å²) in [6, 6.07) is 2.84. The third-order valence-electron chi connectivity index (χ3n) is 2.82. The van der Waals surface area contributed by atoms with Crippen molar-refractivity contribution in [3.05, 3.63) is 29.5 Å². The standard InChI is InChI=1S/C12H13F3N2/c13-12(14,15)11-9(6-7-10(16)17-11)8-4-2-1-3-5-8/h4,6-7H,1-3,5H2,(H2,16,17). The van der Waals surface area contributed by atoms with Crippen molar-refractivity contribution >= 4 is 11.4 Å². The van der Waals surface area contributed by atoms with Gasteiger partial charge in [-0.1, -0.05) is 6.08 Å². The van der Waals surface area contributed by atoms with Crippen LogP contribution in [0.25, 0.3) is 5.57 Å². The molecule has 0 bridgehead atoms. The number of allylic oxidation sites excluding steroid dienone is 2. The first-order chi connectivity index (χ1) is 7.98. The molecule has 0 atom stereocenters. The Labute approximate surface area is 97.3 Å². The van der Waals surface area contributed by atoms with Crippen LogP contribution in [0.5, 0.6) is 0 Å². The van der Waals surface area contributed by atoms with Crippen molar-refractivity contribution in [2.45, 2.75) is 31.9 Å². The van der Waals surface area contributed by atoms with Crippen molar-refractivity contribution in [2.24, 2.45) is 0 Å². The lowest BCUT2D eigenvalue weighted by atomic mass is 9.92. The molecular formula is C12H13F3N2. The molecular weight excluding hydrogens is 229 g/mol. The van der Waals surface area contributed by atoms with Gasteiger partial charge in [-0.3, -0.25) is 0 Å². The van der Waals surface area contributed by atoms with Crippen LogP contribution in [0.2, 0.25) is 0 Å². The Bertz CT molecular complexity index is 450. The number of nitrogens with zero attached hydrogens (tertiary/aromatic N) is 1. The highest BCUT2D eigenvalue weighted by Crippen LogP contribution is 2.37. The van der Waals surface area contributed by atoms with Gasteiger partial charge in [0.1, 0.15) is 5.82 Å². The fraction of sp³-hybridized carbons (Fsp3) is 0.417. The van der Waals surface area contributed by atoms with Gasteiger partial charge in [-0.05, 0) is 43.4 Å². The second-order valence-corrected chi connectivity index (χ2v) is 4.11.